The number of sulfonamides is 1. The van der Waals surface area contributed by atoms with E-state index in [1.54, 1.807) is 35.2 Å². The van der Waals surface area contributed by atoms with Gasteiger partial charge in [0.2, 0.25) is 5.91 Å². The largest absolute Gasteiger partial charge is 0.352 e. The fraction of sp³-hybridized carbons (Fsp3) is 0.323. The monoisotopic (exact) mass is 568 g/mol. The number of pyridine rings is 2. The Morgan fingerprint density at radius 2 is 1.63 bits per heavy atom. The summed E-state index contributed by atoms with van der Waals surface area (Å²) in [6.07, 6.45) is 6.34. The molecular weight excluding hydrogens is 536 g/mol. The Morgan fingerprint density at radius 1 is 0.878 bits per heavy atom. The van der Waals surface area contributed by atoms with Crippen molar-refractivity contribution >= 4 is 44.0 Å². The molecule has 41 heavy (non-hydrogen) atoms. The molecule has 2 aromatic heterocycles. The lowest BCUT2D eigenvalue weighted by Gasteiger charge is -2.37. The van der Waals surface area contributed by atoms with Gasteiger partial charge in [-0.2, -0.15) is 0 Å². The van der Waals surface area contributed by atoms with E-state index in [1.807, 2.05) is 37.6 Å². The zero-order chi connectivity index (χ0) is 28.4. The van der Waals surface area contributed by atoms with Crippen LogP contribution in [0.4, 0.5) is 17.2 Å². The molecule has 0 bridgehead atoms. The number of anilines is 3. The van der Waals surface area contributed by atoms with Gasteiger partial charge in [0, 0.05) is 55.9 Å². The number of hydrogen-bond acceptors (Lipinski definition) is 7. The quantitative estimate of drug-likeness (QED) is 0.384. The van der Waals surface area contributed by atoms with Crippen LogP contribution in [-0.4, -0.2) is 69.5 Å². The fourth-order valence-corrected chi connectivity index (χ4v) is 7.49. The molecule has 9 nitrogen and oxygen atoms in total. The highest BCUT2D eigenvalue weighted by Gasteiger charge is 2.54. The van der Waals surface area contributed by atoms with E-state index < -0.39 is 15.4 Å². The summed E-state index contributed by atoms with van der Waals surface area (Å²) in [5.74, 6) is 0.764. The van der Waals surface area contributed by atoms with Gasteiger partial charge in [-0.3, -0.25) is 14.5 Å². The minimum Gasteiger partial charge on any atom is -0.352 e. The normalized spacial score (nSPS) is 18.5. The Hall–Kier alpha value is -4.02. The maximum Gasteiger partial charge on any atom is 0.262 e. The van der Waals surface area contributed by atoms with E-state index in [1.165, 1.54) is 0 Å². The molecule has 2 aromatic carbocycles. The molecule has 1 aliphatic carbocycles. The number of rotatable bonds is 5. The average molecular weight is 569 g/mol. The highest BCUT2D eigenvalue weighted by Crippen LogP contribution is 2.55. The van der Waals surface area contributed by atoms with Gasteiger partial charge in [-0.15, -0.1) is 0 Å². The number of hydrogen-bond donors (Lipinski definition) is 1. The van der Waals surface area contributed by atoms with Gasteiger partial charge in [-0.1, -0.05) is 30.7 Å². The third-order valence-corrected chi connectivity index (χ3v) is 10.3. The van der Waals surface area contributed by atoms with E-state index in [4.69, 9.17) is 4.98 Å². The predicted molar refractivity (Wildman–Crippen MR) is 161 cm³/mol. The van der Waals surface area contributed by atoms with Gasteiger partial charge in [0.1, 0.15) is 0 Å². The van der Waals surface area contributed by atoms with Crippen molar-refractivity contribution in [2.45, 2.75) is 29.6 Å². The summed E-state index contributed by atoms with van der Waals surface area (Å²) in [5.41, 5.74) is 4.43. The van der Waals surface area contributed by atoms with Crippen molar-refractivity contribution in [3.63, 3.8) is 0 Å². The van der Waals surface area contributed by atoms with Crippen LogP contribution >= 0.6 is 0 Å². The third-order valence-electron chi connectivity index (χ3n) is 8.91. The second kappa shape index (κ2) is 9.53. The van der Waals surface area contributed by atoms with Crippen molar-refractivity contribution in [2.75, 3.05) is 54.8 Å². The summed E-state index contributed by atoms with van der Waals surface area (Å²) >= 11 is 0. The maximum absolute atomic E-state index is 13.4. The van der Waals surface area contributed by atoms with Gasteiger partial charge in [-0.25, -0.2) is 13.4 Å². The summed E-state index contributed by atoms with van der Waals surface area (Å²) in [5, 5.41) is 0.965. The Labute approximate surface area is 239 Å². The number of piperazine rings is 1. The molecule has 1 spiro atoms. The van der Waals surface area contributed by atoms with Crippen molar-refractivity contribution in [3.8, 4) is 11.1 Å². The first-order chi connectivity index (χ1) is 19.8. The van der Waals surface area contributed by atoms with Crippen LogP contribution in [0.2, 0.25) is 0 Å². The molecule has 0 radical (unpaired) electrons. The molecule has 2 fully saturated rings. The molecule has 1 amide bonds. The molecule has 7 rings (SSSR count). The molecule has 0 atom stereocenters. The van der Waals surface area contributed by atoms with E-state index in [2.05, 4.69) is 32.6 Å². The second-order valence-corrected chi connectivity index (χ2v) is 13.0. The molecular formula is C31H32N6O3S. The van der Waals surface area contributed by atoms with Gasteiger partial charge in [-0.05, 0) is 55.8 Å². The number of fused-ring (bicyclic) bond motifs is 4. The van der Waals surface area contributed by atoms with Gasteiger partial charge in [0.15, 0.2) is 5.82 Å². The smallest absolute Gasteiger partial charge is 0.262 e. The van der Waals surface area contributed by atoms with Crippen LogP contribution in [-0.2, 0) is 20.2 Å². The van der Waals surface area contributed by atoms with Gasteiger partial charge in [0.05, 0.1) is 33.4 Å². The molecule has 1 saturated heterocycles. The van der Waals surface area contributed by atoms with E-state index >= 15 is 0 Å². The third kappa shape index (κ3) is 4.16. The first-order valence-electron chi connectivity index (χ1n) is 14.0. The molecule has 4 heterocycles. The summed E-state index contributed by atoms with van der Waals surface area (Å²) in [6.45, 7) is 3.23. The van der Waals surface area contributed by atoms with E-state index in [0.29, 0.717) is 11.5 Å². The molecule has 1 saturated carbocycles. The first-order valence-corrected chi connectivity index (χ1v) is 15.5. The molecule has 10 heteroatoms. The van der Waals surface area contributed by atoms with Crippen LogP contribution < -0.4 is 14.5 Å². The van der Waals surface area contributed by atoms with E-state index in [0.717, 1.165) is 78.7 Å². The highest BCUT2D eigenvalue weighted by atomic mass is 32.2. The fourth-order valence-electron chi connectivity index (χ4n) is 6.41. The Kier molecular flexibility index (Phi) is 6.02. The van der Waals surface area contributed by atoms with Crippen molar-refractivity contribution in [1.29, 1.82) is 0 Å². The van der Waals surface area contributed by atoms with Crippen LogP contribution in [0.25, 0.3) is 22.0 Å². The average Bonchev–Trinajstić information content (AvgIpc) is 3.20. The van der Waals surface area contributed by atoms with E-state index in [9.17, 15) is 13.2 Å². The standard InChI is InChI=1S/C31H32N6O3S/c1-35-13-15-37(16-14-35)29-26(34-41(39,40)23-7-4-3-5-8-23)18-22(19-33-29)21-9-10-25-24(17-21)28-27(20-32-25)36(2)30(38)31(28)11-6-12-31/h3-5,7-10,17-20,34H,6,11-16H2,1-2H3. The zero-order valence-corrected chi connectivity index (χ0v) is 24.0. The Balaban J connectivity index is 1.34. The lowest BCUT2D eigenvalue weighted by atomic mass is 9.64. The summed E-state index contributed by atoms with van der Waals surface area (Å²) in [4.78, 5) is 29.1. The molecule has 3 aliphatic rings. The van der Waals surface area contributed by atoms with Crippen LogP contribution in [0.3, 0.4) is 0 Å². The van der Waals surface area contributed by atoms with Crippen molar-refractivity contribution in [3.05, 3.63) is 72.6 Å². The SMILES string of the molecule is CN1CCN(c2ncc(-c3ccc4ncc5c(c4c3)C3(CCC3)C(=O)N5C)cc2NS(=O)(=O)c2ccccc2)CC1. The van der Waals surface area contributed by atoms with Gasteiger partial charge >= 0.3 is 0 Å². The maximum atomic E-state index is 13.4. The van der Waals surface area contributed by atoms with Crippen molar-refractivity contribution in [2.24, 2.45) is 0 Å². The Morgan fingerprint density at radius 3 is 2.34 bits per heavy atom. The van der Waals surface area contributed by atoms with Crippen LogP contribution in [0, 0.1) is 0 Å². The molecule has 1 N–H and O–H groups in total. The number of benzene rings is 2. The lowest BCUT2D eigenvalue weighted by molar-refractivity contribution is -0.125. The second-order valence-electron chi connectivity index (χ2n) is 11.4. The van der Waals surface area contributed by atoms with Crippen LogP contribution in [0.15, 0.2) is 71.9 Å². The number of nitrogens with zero attached hydrogens (tertiary/aromatic N) is 5. The summed E-state index contributed by atoms with van der Waals surface area (Å²) in [7, 11) is 0.0812. The zero-order valence-electron chi connectivity index (χ0n) is 23.2. The van der Waals surface area contributed by atoms with Crippen molar-refractivity contribution in [1.82, 2.24) is 14.9 Å². The van der Waals surface area contributed by atoms with Gasteiger partial charge in [0.25, 0.3) is 10.0 Å². The number of nitrogens with one attached hydrogen (secondary N) is 1. The molecule has 4 aromatic rings. The summed E-state index contributed by atoms with van der Waals surface area (Å²) in [6, 6.07) is 16.3. The van der Waals surface area contributed by atoms with Crippen molar-refractivity contribution < 1.29 is 13.2 Å². The number of amides is 1. The molecule has 210 valence electrons. The minimum atomic E-state index is -3.83. The number of carbonyl (C=O) groups is 1. The number of aromatic nitrogens is 2. The first kappa shape index (κ1) is 25.9. The highest BCUT2D eigenvalue weighted by molar-refractivity contribution is 7.92. The lowest BCUT2D eigenvalue weighted by Crippen LogP contribution is -2.45. The predicted octanol–water partition coefficient (Wildman–Crippen LogP) is 4.25. The topological polar surface area (TPSA) is 98.7 Å². The van der Waals surface area contributed by atoms with Crippen LogP contribution in [0.5, 0.6) is 0 Å². The van der Waals surface area contributed by atoms with Crippen LogP contribution in [0.1, 0.15) is 24.8 Å². The van der Waals surface area contributed by atoms with E-state index in [-0.39, 0.29) is 10.8 Å². The number of likely N-dealkylation sites (N-methyl/N-ethyl adjacent to an activating group) is 2. The van der Waals surface area contributed by atoms with Gasteiger partial charge < -0.3 is 14.7 Å². The Bertz CT molecular complexity index is 1780. The summed E-state index contributed by atoms with van der Waals surface area (Å²) < 4.78 is 29.6. The minimum absolute atomic E-state index is 0.147. The molecule has 0 unspecified atom stereocenters. The molecule has 2 aliphatic heterocycles. The number of carbonyl (C=O) groups excluding carboxylic acids is 1.